The number of amides is 1. The average molecular weight is 293 g/mol. The number of rotatable bonds is 8. The SMILES string of the molecule is CCCCOc1ccc(C[C@H](NC(=O)OC)C(C)=O)cc1. The van der Waals surface area contributed by atoms with Crippen molar-refractivity contribution in [2.75, 3.05) is 13.7 Å². The molecule has 0 aromatic heterocycles. The Morgan fingerprint density at radius 2 is 1.90 bits per heavy atom. The zero-order valence-corrected chi connectivity index (χ0v) is 12.8. The van der Waals surface area contributed by atoms with Crippen LogP contribution < -0.4 is 10.1 Å². The molecule has 0 aliphatic rings. The second-order valence-corrected chi connectivity index (χ2v) is 4.85. The molecule has 0 fully saturated rings. The van der Waals surface area contributed by atoms with Crippen molar-refractivity contribution in [2.45, 2.75) is 39.2 Å². The third-order valence-electron chi connectivity index (χ3n) is 3.10. The lowest BCUT2D eigenvalue weighted by Crippen LogP contribution is -2.41. The van der Waals surface area contributed by atoms with Crippen molar-refractivity contribution < 1.29 is 19.1 Å². The number of benzene rings is 1. The summed E-state index contributed by atoms with van der Waals surface area (Å²) in [5, 5.41) is 2.53. The van der Waals surface area contributed by atoms with Crippen molar-refractivity contribution >= 4 is 11.9 Å². The topological polar surface area (TPSA) is 64.6 Å². The zero-order chi connectivity index (χ0) is 15.7. The highest BCUT2D eigenvalue weighted by Gasteiger charge is 2.17. The van der Waals surface area contributed by atoms with E-state index in [0.29, 0.717) is 13.0 Å². The number of ether oxygens (including phenoxy) is 2. The van der Waals surface area contributed by atoms with Crippen LogP contribution in [0.4, 0.5) is 4.79 Å². The predicted molar refractivity (Wildman–Crippen MR) is 80.6 cm³/mol. The van der Waals surface area contributed by atoms with E-state index in [4.69, 9.17) is 4.74 Å². The molecule has 0 spiro atoms. The minimum atomic E-state index is -0.602. The smallest absolute Gasteiger partial charge is 0.407 e. The number of unbranched alkanes of at least 4 members (excludes halogenated alkanes) is 1. The average Bonchev–Trinajstić information content (AvgIpc) is 2.48. The number of hydrogen-bond acceptors (Lipinski definition) is 4. The van der Waals surface area contributed by atoms with Crippen molar-refractivity contribution in [1.82, 2.24) is 5.32 Å². The summed E-state index contributed by atoms with van der Waals surface area (Å²) in [6.45, 7) is 4.27. The van der Waals surface area contributed by atoms with Crippen LogP contribution in [0, 0.1) is 0 Å². The summed E-state index contributed by atoms with van der Waals surface area (Å²) in [5.74, 6) is 0.705. The zero-order valence-electron chi connectivity index (χ0n) is 12.8. The molecular weight excluding hydrogens is 270 g/mol. The fourth-order valence-corrected chi connectivity index (χ4v) is 1.79. The van der Waals surface area contributed by atoms with Crippen LogP contribution in [0.15, 0.2) is 24.3 Å². The van der Waals surface area contributed by atoms with Gasteiger partial charge in [-0.3, -0.25) is 4.79 Å². The van der Waals surface area contributed by atoms with Gasteiger partial charge in [-0.05, 0) is 37.5 Å². The highest BCUT2D eigenvalue weighted by molar-refractivity contribution is 5.85. The lowest BCUT2D eigenvalue weighted by molar-refractivity contribution is -0.118. The number of hydrogen-bond donors (Lipinski definition) is 1. The van der Waals surface area contributed by atoms with Crippen molar-refractivity contribution in [1.29, 1.82) is 0 Å². The molecule has 0 saturated carbocycles. The van der Waals surface area contributed by atoms with E-state index in [-0.39, 0.29) is 5.78 Å². The minimum absolute atomic E-state index is 0.108. The second kappa shape index (κ2) is 9.00. The summed E-state index contributed by atoms with van der Waals surface area (Å²) >= 11 is 0. The number of carbonyl (C=O) groups is 2. The third-order valence-corrected chi connectivity index (χ3v) is 3.10. The fraction of sp³-hybridized carbons (Fsp3) is 0.500. The first-order valence-electron chi connectivity index (χ1n) is 7.13. The van der Waals surface area contributed by atoms with Gasteiger partial charge in [0, 0.05) is 0 Å². The Kier molecular flexibility index (Phi) is 7.29. The predicted octanol–water partition coefficient (Wildman–Crippen LogP) is 2.72. The number of methoxy groups -OCH3 is 1. The van der Waals surface area contributed by atoms with Crippen molar-refractivity contribution in [3.63, 3.8) is 0 Å². The lowest BCUT2D eigenvalue weighted by Gasteiger charge is -2.15. The molecule has 1 amide bonds. The van der Waals surface area contributed by atoms with Gasteiger partial charge in [0.05, 0.1) is 19.8 Å². The van der Waals surface area contributed by atoms with Crippen LogP contribution in [0.5, 0.6) is 5.75 Å². The Morgan fingerprint density at radius 3 is 2.43 bits per heavy atom. The number of carbonyl (C=O) groups excluding carboxylic acids is 2. The van der Waals surface area contributed by atoms with Crippen LogP contribution in [0.2, 0.25) is 0 Å². The Labute approximate surface area is 125 Å². The van der Waals surface area contributed by atoms with Gasteiger partial charge in [0.25, 0.3) is 0 Å². The molecule has 1 aromatic rings. The molecule has 0 unspecified atom stereocenters. The Hall–Kier alpha value is -2.04. The van der Waals surface area contributed by atoms with Gasteiger partial charge in [-0.15, -0.1) is 0 Å². The monoisotopic (exact) mass is 293 g/mol. The summed E-state index contributed by atoms with van der Waals surface area (Å²) in [5.41, 5.74) is 0.953. The molecule has 0 aliphatic carbocycles. The van der Waals surface area contributed by atoms with Crippen molar-refractivity contribution in [3.05, 3.63) is 29.8 Å². The Balaban J connectivity index is 2.59. The molecule has 1 rings (SSSR count). The molecule has 1 aromatic carbocycles. The molecular formula is C16H23NO4. The molecule has 0 radical (unpaired) electrons. The molecule has 21 heavy (non-hydrogen) atoms. The highest BCUT2D eigenvalue weighted by Crippen LogP contribution is 2.14. The third kappa shape index (κ3) is 6.29. The molecule has 1 N–H and O–H groups in total. The molecule has 0 bridgehead atoms. The van der Waals surface area contributed by atoms with Gasteiger partial charge >= 0.3 is 6.09 Å². The maximum Gasteiger partial charge on any atom is 0.407 e. The largest absolute Gasteiger partial charge is 0.494 e. The summed E-state index contributed by atoms with van der Waals surface area (Å²) < 4.78 is 10.1. The number of Topliss-reactive ketones (excluding diaryl/α,β-unsaturated/α-hetero) is 1. The number of alkyl carbamates (subject to hydrolysis) is 1. The lowest BCUT2D eigenvalue weighted by atomic mass is 10.0. The van der Waals surface area contributed by atoms with Crippen LogP contribution in [0.1, 0.15) is 32.3 Å². The summed E-state index contributed by atoms with van der Waals surface area (Å²) in [7, 11) is 1.27. The van der Waals surface area contributed by atoms with Crippen LogP contribution in [-0.4, -0.2) is 31.6 Å². The van der Waals surface area contributed by atoms with Crippen LogP contribution in [0.25, 0.3) is 0 Å². The first-order chi connectivity index (χ1) is 10.1. The van der Waals surface area contributed by atoms with Gasteiger partial charge in [0.15, 0.2) is 5.78 Å². The van der Waals surface area contributed by atoms with Gasteiger partial charge < -0.3 is 14.8 Å². The molecule has 0 saturated heterocycles. The van der Waals surface area contributed by atoms with Crippen molar-refractivity contribution in [2.24, 2.45) is 0 Å². The molecule has 116 valence electrons. The van der Waals surface area contributed by atoms with E-state index in [2.05, 4.69) is 17.0 Å². The normalized spacial score (nSPS) is 11.6. The second-order valence-electron chi connectivity index (χ2n) is 4.85. The summed E-state index contributed by atoms with van der Waals surface area (Å²) in [6.07, 6.45) is 1.95. The fourth-order valence-electron chi connectivity index (χ4n) is 1.79. The minimum Gasteiger partial charge on any atom is -0.494 e. The summed E-state index contributed by atoms with van der Waals surface area (Å²) in [6, 6.07) is 6.97. The van der Waals surface area contributed by atoms with Gasteiger partial charge in [-0.1, -0.05) is 25.5 Å². The van der Waals surface area contributed by atoms with Crippen LogP contribution in [-0.2, 0) is 16.0 Å². The molecule has 5 nitrogen and oxygen atoms in total. The van der Waals surface area contributed by atoms with E-state index in [9.17, 15) is 9.59 Å². The first kappa shape index (κ1) is 17.0. The van der Waals surface area contributed by atoms with Gasteiger partial charge in [-0.25, -0.2) is 4.79 Å². The van der Waals surface area contributed by atoms with Crippen LogP contribution in [0.3, 0.4) is 0 Å². The molecule has 5 heteroatoms. The maximum atomic E-state index is 11.5. The van der Waals surface area contributed by atoms with E-state index in [1.54, 1.807) is 0 Å². The molecule has 0 aliphatic heterocycles. The van der Waals surface area contributed by atoms with E-state index in [1.807, 2.05) is 24.3 Å². The standard InChI is InChI=1S/C16H23NO4/c1-4-5-10-21-14-8-6-13(7-9-14)11-15(12(2)18)17-16(19)20-3/h6-9,15H,4-5,10-11H2,1-3H3,(H,17,19)/t15-/m0/s1. The highest BCUT2D eigenvalue weighted by atomic mass is 16.5. The summed E-state index contributed by atoms with van der Waals surface area (Å²) in [4.78, 5) is 22.8. The Morgan fingerprint density at radius 1 is 1.24 bits per heavy atom. The number of nitrogens with one attached hydrogen (secondary N) is 1. The van der Waals surface area contributed by atoms with Gasteiger partial charge in [0.1, 0.15) is 5.75 Å². The van der Waals surface area contributed by atoms with Crippen LogP contribution >= 0.6 is 0 Å². The van der Waals surface area contributed by atoms with E-state index >= 15 is 0 Å². The quantitative estimate of drug-likeness (QED) is 0.748. The van der Waals surface area contributed by atoms with Crippen molar-refractivity contribution in [3.8, 4) is 5.75 Å². The van der Waals surface area contributed by atoms with E-state index in [1.165, 1.54) is 14.0 Å². The molecule has 1 atom stereocenters. The van der Waals surface area contributed by atoms with E-state index in [0.717, 1.165) is 24.2 Å². The molecule has 0 heterocycles. The van der Waals surface area contributed by atoms with E-state index < -0.39 is 12.1 Å². The van der Waals surface area contributed by atoms with Gasteiger partial charge in [-0.2, -0.15) is 0 Å². The van der Waals surface area contributed by atoms with Gasteiger partial charge in [0.2, 0.25) is 0 Å². The number of ketones is 1. The maximum absolute atomic E-state index is 11.5. The first-order valence-corrected chi connectivity index (χ1v) is 7.13. The Bertz CT molecular complexity index is 456.